The third-order valence-electron chi connectivity index (χ3n) is 4.99. The van der Waals surface area contributed by atoms with Crippen molar-refractivity contribution in [3.05, 3.63) is 47.8 Å². The maximum absolute atomic E-state index is 13.9. The lowest BCUT2D eigenvalue weighted by Gasteiger charge is -2.19. The third-order valence-corrected chi connectivity index (χ3v) is 4.99. The van der Waals surface area contributed by atoms with Crippen LogP contribution in [0, 0.1) is 5.82 Å². The molecule has 0 bridgehead atoms. The third kappa shape index (κ3) is 4.79. The standard InChI is InChI=1S/C21H25FN2O4/c1-24-7-3-4-17(24)13-28-21(26)23-20-6-5-16(22)11-19(20)15-8-14(12-25)9-18(10-15)27-2/h5-6,8-11,17,25H,3-4,7,12-13H2,1-2H3,(H,23,26)/t17-/m0/s1. The minimum Gasteiger partial charge on any atom is -0.497 e. The Labute approximate surface area is 163 Å². The number of anilines is 1. The minimum absolute atomic E-state index is 0.181. The Morgan fingerprint density at radius 2 is 2.14 bits per heavy atom. The highest BCUT2D eigenvalue weighted by Gasteiger charge is 2.22. The Bertz CT molecular complexity index is 821. The summed E-state index contributed by atoms with van der Waals surface area (Å²) >= 11 is 0. The Kier molecular flexibility index (Phi) is 6.49. The number of halogens is 1. The number of aliphatic hydroxyl groups excluding tert-OH is 1. The average molecular weight is 388 g/mol. The predicted molar refractivity (Wildman–Crippen MR) is 105 cm³/mol. The van der Waals surface area contributed by atoms with E-state index in [4.69, 9.17) is 9.47 Å². The molecule has 7 heteroatoms. The quantitative estimate of drug-likeness (QED) is 0.791. The summed E-state index contributed by atoms with van der Waals surface area (Å²) in [5, 5.41) is 12.2. The number of aliphatic hydroxyl groups is 1. The van der Waals surface area contributed by atoms with E-state index in [1.54, 1.807) is 18.2 Å². The van der Waals surface area contributed by atoms with Crippen LogP contribution in [-0.2, 0) is 11.3 Å². The Morgan fingerprint density at radius 3 is 2.82 bits per heavy atom. The van der Waals surface area contributed by atoms with E-state index in [2.05, 4.69) is 10.2 Å². The van der Waals surface area contributed by atoms with Crippen LogP contribution in [0.5, 0.6) is 5.75 Å². The molecule has 1 aliphatic heterocycles. The molecule has 1 saturated heterocycles. The first-order valence-corrected chi connectivity index (χ1v) is 9.23. The number of hydrogen-bond donors (Lipinski definition) is 2. The monoisotopic (exact) mass is 388 g/mol. The zero-order valence-corrected chi connectivity index (χ0v) is 16.1. The summed E-state index contributed by atoms with van der Waals surface area (Å²) in [5.74, 6) is 0.0958. The number of hydrogen-bond acceptors (Lipinski definition) is 5. The highest BCUT2D eigenvalue weighted by Crippen LogP contribution is 2.32. The van der Waals surface area contributed by atoms with E-state index in [1.807, 2.05) is 7.05 Å². The number of benzene rings is 2. The number of ether oxygens (including phenoxy) is 2. The van der Waals surface area contributed by atoms with Gasteiger partial charge < -0.3 is 19.5 Å². The lowest BCUT2D eigenvalue weighted by Crippen LogP contribution is -2.31. The number of nitrogens with zero attached hydrogens (tertiary/aromatic N) is 1. The van der Waals surface area contributed by atoms with Gasteiger partial charge in [-0.1, -0.05) is 0 Å². The average Bonchev–Trinajstić information content (AvgIpc) is 3.12. The second-order valence-electron chi connectivity index (χ2n) is 6.92. The number of nitrogens with one attached hydrogen (secondary N) is 1. The highest BCUT2D eigenvalue weighted by molar-refractivity contribution is 5.91. The van der Waals surface area contributed by atoms with Gasteiger partial charge in [0.2, 0.25) is 0 Å². The van der Waals surface area contributed by atoms with E-state index >= 15 is 0 Å². The first-order valence-electron chi connectivity index (χ1n) is 9.23. The van der Waals surface area contributed by atoms with Crippen LogP contribution in [0.1, 0.15) is 18.4 Å². The van der Waals surface area contributed by atoms with Gasteiger partial charge in [0.1, 0.15) is 18.2 Å². The number of methoxy groups -OCH3 is 1. The van der Waals surface area contributed by atoms with Gasteiger partial charge in [-0.2, -0.15) is 0 Å². The molecule has 2 N–H and O–H groups in total. The number of carbonyl (C=O) groups is 1. The zero-order valence-electron chi connectivity index (χ0n) is 16.1. The van der Waals surface area contributed by atoms with Gasteiger partial charge in [-0.05, 0) is 74.0 Å². The van der Waals surface area contributed by atoms with Gasteiger partial charge in [-0.15, -0.1) is 0 Å². The molecule has 6 nitrogen and oxygen atoms in total. The summed E-state index contributed by atoms with van der Waals surface area (Å²) in [6, 6.07) is 9.46. The lowest BCUT2D eigenvalue weighted by molar-refractivity contribution is 0.127. The molecule has 1 heterocycles. The van der Waals surface area contributed by atoms with Gasteiger partial charge in [-0.25, -0.2) is 9.18 Å². The van der Waals surface area contributed by atoms with Crippen LogP contribution in [0.2, 0.25) is 0 Å². The van der Waals surface area contributed by atoms with Gasteiger partial charge in [0.05, 0.1) is 19.4 Å². The molecule has 1 fully saturated rings. The van der Waals surface area contributed by atoms with Crippen molar-refractivity contribution >= 4 is 11.8 Å². The molecule has 0 spiro atoms. The van der Waals surface area contributed by atoms with Crippen molar-refractivity contribution in [2.75, 3.05) is 32.6 Å². The molecule has 28 heavy (non-hydrogen) atoms. The van der Waals surface area contributed by atoms with Crippen LogP contribution in [0.3, 0.4) is 0 Å². The Hall–Kier alpha value is -2.64. The molecule has 0 aliphatic carbocycles. The van der Waals surface area contributed by atoms with E-state index in [9.17, 15) is 14.3 Å². The second-order valence-corrected chi connectivity index (χ2v) is 6.92. The molecule has 0 unspecified atom stereocenters. The summed E-state index contributed by atoms with van der Waals surface area (Å²) in [6.07, 6.45) is 1.51. The van der Waals surface area contributed by atoms with Gasteiger partial charge >= 0.3 is 6.09 Å². The fourth-order valence-electron chi connectivity index (χ4n) is 3.40. The maximum Gasteiger partial charge on any atom is 0.411 e. The lowest BCUT2D eigenvalue weighted by atomic mass is 10.0. The smallest absolute Gasteiger partial charge is 0.411 e. The minimum atomic E-state index is -0.585. The summed E-state index contributed by atoms with van der Waals surface area (Å²) in [7, 11) is 3.53. The van der Waals surface area contributed by atoms with Crippen molar-refractivity contribution in [2.45, 2.75) is 25.5 Å². The molecule has 1 atom stereocenters. The molecule has 1 amide bonds. The van der Waals surface area contributed by atoms with Crippen molar-refractivity contribution in [1.82, 2.24) is 4.90 Å². The number of carbonyl (C=O) groups excluding carboxylic acids is 1. The van der Waals surface area contributed by atoms with Crippen LogP contribution in [-0.4, -0.2) is 49.5 Å². The van der Waals surface area contributed by atoms with E-state index in [0.717, 1.165) is 19.4 Å². The van der Waals surface area contributed by atoms with E-state index in [0.29, 0.717) is 34.7 Å². The number of amides is 1. The molecule has 0 aromatic heterocycles. The van der Waals surface area contributed by atoms with Crippen molar-refractivity contribution < 1.29 is 23.8 Å². The molecule has 2 aromatic carbocycles. The largest absolute Gasteiger partial charge is 0.497 e. The van der Waals surface area contributed by atoms with Gasteiger partial charge in [0.15, 0.2) is 0 Å². The second kappa shape index (κ2) is 9.03. The highest BCUT2D eigenvalue weighted by atomic mass is 19.1. The SMILES string of the molecule is COc1cc(CO)cc(-c2cc(F)ccc2NC(=O)OC[C@@H]2CCCN2C)c1. The fourth-order valence-corrected chi connectivity index (χ4v) is 3.40. The maximum atomic E-state index is 13.9. The van der Waals surface area contributed by atoms with Crippen LogP contribution in [0.15, 0.2) is 36.4 Å². The van der Waals surface area contributed by atoms with Crippen LogP contribution in [0.4, 0.5) is 14.9 Å². The predicted octanol–water partition coefficient (Wildman–Crippen LogP) is 3.64. The van der Waals surface area contributed by atoms with Crippen molar-refractivity contribution in [1.29, 1.82) is 0 Å². The topological polar surface area (TPSA) is 71.0 Å². The first-order chi connectivity index (χ1) is 13.5. The van der Waals surface area contributed by atoms with Crippen molar-refractivity contribution in [3.8, 4) is 16.9 Å². The van der Waals surface area contributed by atoms with Crippen LogP contribution in [0.25, 0.3) is 11.1 Å². The first kappa shape index (κ1) is 20.1. The van der Waals surface area contributed by atoms with Gasteiger partial charge in [-0.3, -0.25) is 5.32 Å². The molecule has 3 rings (SSSR count). The Balaban J connectivity index is 1.80. The summed E-state index contributed by atoms with van der Waals surface area (Å²) in [4.78, 5) is 14.5. The van der Waals surface area contributed by atoms with Gasteiger partial charge in [0, 0.05) is 11.6 Å². The van der Waals surface area contributed by atoms with Gasteiger partial charge in [0.25, 0.3) is 0 Å². The van der Waals surface area contributed by atoms with E-state index in [-0.39, 0.29) is 12.6 Å². The van der Waals surface area contributed by atoms with Crippen molar-refractivity contribution in [2.24, 2.45) is 0 Å². The normalized spacial score (nSPS) is 16.8. The van der Waals surface area contributed by atoms with Crippen molar-refractivity contribution in [3.63, 3.8) is 0 Å². The molecule has 1 aliphatic rings. The molecular weight excluding hydrogens is 363 g/mol. The fraction of sp³-hybridized carbons (Fsp3) is 0.381. The summed E-state index contributed by atoms with van der Waals surface area (Å²) in [6.45, 7) is 1.13. The molecule has 2 aromatic rings. The molecule has 150 valence electrons. The number of likely N-dealkylation sites (tertiary alicyclic amines) is 1. The van der Waals surface area contributed by atoms with E-state index in [1.165, 1.54) is 25.3 Å². The summed E-state index contributed by atoms with van der Waals surface area (Å²) < 4.78 is 24.5. The summed E-state index contributed by atoms with van der Waals surface area (Å²) in [5.41, 5.74) is 2.14. The number of likely N-dealkylation sites (N-methyl/N-ethyl adjacent to an activating group) is 1. The molecular formula is C21H25FN2O4. The molecule has 0 saturated carbocycles. The van der Waals surface area contributed by atoms with Crippen LogP contribution < -0.4 is 10.1 Å². The van der Waals surface area contributed by atoms with E-state index < -0.39 is 11.9 Å². The Morgan fingerprint density at radius 1 is 1.32 bits per heavy atom. The van der Waals surface area contributed by atoms with Crippen LogP contribution >= 0.6 is 0 Å². The zero-order chi connectivity index (χ0) is 20.1. The molecule has 0 radical (unpaired) electrons. The number of rotatable bonds is 6.